The molecule has 0 aliphatic carbocycles. The molecule has 2 N–H and O–H groups in total. The molecule has 3 aromatic rings. The van der Waals surface area contributed by atoms with Crippen LogP contribution in [0.3, 0.4) is 0 Å². The largest absolute Gasteiger partial charge is 0.481 e. The van der Waals surface area contributed by atoms with Gasteiger partial charge in [0.15, 0.2) is 0 Å². The van der Waals surface area contributed by atoms with E-state index in [2.05, 4.69) is 0 Å². The van der Waals surface area contributed by atoms with Crippen molar-refractivity contribution >= 4 is 23.5 Å². The average molecular weight is 579 g/mol. The zero-order chi connectivity index (χ0) is 30.9. The molecule has 0 saturated carbocycles. The monoisotopic (exact) mass is 578 g/mol. The van der Waals surface area contributed by atoms with E-state index in [1.165, 1.54) is 25.1 Å². The zero-order valence-corrected chi connectivity index (χ0v) is 23.8. The Kier molecular flexibility index (Phi) is 8.34. The smallest absolute Gasteiger partial charge is 0.416 e. The number of amidine groups is 1. The van der Waals surface area contributed by atoms with E-state index >= 15 is 0 Å². The first-order chi connectivity index (χ1) is 19.8. The fourth-order valence-corrected chi connectivity index (χ4v) is 6.64. The molecule has 4 rings (SSSR count). The van der Waals surface area contributed by atoms with E-state index in [1.807, 2.05) is 6.07 Å². The van der Waals surface area contributed by atoms with Gasteiger partial charge in [-0.05, 0) is 50.5 Å². The predicted octanol–water partition coefficient (Wildman–Crippen LogP) is 7.68. The fourth-order valence-electron chi connectivity index (χ4n) is 6.64. The lowest BCUT2D eigenvalue weighted by Crippen LogP contribution is -2.66. The SMILES string of the molecule is CCC1(c2ccccc2C(F)(F)F)C(C(=O)O)=C(C)N(C(=Nc2ccccc2)c2ccccc2)C(C)(CC)C1C(=O)O. The molecule has 6 nitrogen and oxygen atoms in total. The lowest BCUT2D eigenvalue weighted by atomic mass is 9.53. The van der Waals surface area contributed by atoms with Gasteiger partial charge in [-0.1, -0.05) is 80.6 Å². The van der Waals surface area contributed by atoms with Crippen LogP contribution in [-0.4, -0.2) is 38.4 Å². The van der Waals surface area contributed by atoms with Crippen LogP contribution in [0.2, 0.25) is 0 Å². The second-order valence-electron chi connectivity index (χ2n) is 10.6. The molecule has 0 radical (unpaired) electrons. The van der Waals surface area contributed by atoms with Crippen molar-refractivity contribution in [1.29, 1.82) is 0 Å². The maximum Gasteiger partial charge on any atom is 0.416 e. The second-order valence-corrected chi connectivity index (χ2v) is 10.6. The number of para-hydroxylation sites is 1. The number of carboxylic acid groups (broad SMARTS) is 2. The highest BCUT2D eigenvalue weighted by molar-refractivity contribution is 6.04. The van der Waals surface area contributed by atoms with Crippen molar-refractivity contribution in [1.82, 2.24) is 4.90 Å². The minimum atomic E-state index is -4.84. The number of alkyl halides is 3. The summed E-state index contributed by atoms with van der Waals surface area (Å²) in [7, 11) is 0. The maximum absolute atomic E-state index is 14.5. The molecule has 3 aromatic carbocycles. The summed E-state index contributed by atoms with van der Waals surface area (Å²) in [6, 6.07) is 22.5. The predicted molar refractivity (Wildman–Crippen MR) is 154 cm³/mol. The number of allylic oxidation sites excluding steroid dienone is 1. The van der Waals surface area contributed by atoms with Gasteiger partial charge in [0.25, 0.3) is 0 Å². The van der Waals surface area contributed by atoms with Crippen LogP contribution in [-0.2, 0) is 21.2 Å². The van der Waals surface area contributed by atoms with Gasteiger partial charge in [0.2, 0.25) is 0 Å². The van der Waals surface area contributed by atoms with Crippen molar-refractivity contribution in [2.24, 2.45) is 10.9 Å². The van der Waals surface area contributed by atoms with E-state index < -0.39 is 46.1 Å². The minimum absolute atomic E-state index is 0.127. The number of halogens is 3. The van der Waals surface area contributed by atoms with Gasteiger partial charge in [-0.15, -0.1) is 0 Å². The molecule has 0 fully saturated rings. The van der Waals surface area contributed by atoms with Gasteiger partial charge in [0.05, 0.1) is 28.3 Å². The van der Waals surface area contributed by atoms with Crippen LogP contribution < -0.4 is 0 Å². The highest BCUT2D eigenvalue weighted by Gasteiger charge is 2.64. The summed E-state index contributed by atoms with van der Waals surface area (Å²) in [6.07, 6.45) is -4.89. The first-order valence-electron chi connectivity index (χ1n) is 13.7. The van der Waals surface area contributed by atoms with Crippen molar-refractivity contribution in [3.8, 4) is 0 Å². The highest BCUT2D eigenvalue weighted by atomic mass is 19.4. The summed E-state index contributed by atoms with van der Waals surface area (Å²) in [5.41, 5.74) is -4.01. The Morgan fingerprint density at radius 1 is 0.881 bits per heavy atom. The molecule has 0 aromatic heterocycles. The number of hydrogen-bond donors (Lipinski definition) is 2. The first kappa shape index (κ1) is 30.6. The van der Waals surface area contributed by atoms with Gasteiger partial charge in [0, 0.05) is 16.7 Å². The number of hydrogen-bond acceptors (Lipinski definition) is 3. The molecule has 9 heteroatoms. The van der Waals surface area contributed by atoms with Crippen molar-refractivity contribution in [2.45, 2.75) is 57.7 Å². The molecule has 1 heterocycles. The normalized spacial score (nSPS) is 23.2. The van der Waals surface area contributed by atoms with Gasteiger partial charge >= 0.3 is 18.1 Å². The Hall–Kier alpha value is -4.40. The average Bonchev–Trinajstić information content (AvgIpc) is 2.96. The minimum Gasteiger partial charge on any atom is -0.481 e. The number of carbonyl (C=O) groups is 2. The molecule has 0 amide bonds. The molecule has 3 unspecified atom stereocenters. The molecule has 42 heavy (non-hydrogen) atoms. The zero-order valence-electron chi connectivity index (χ0n) is 23.8. The number of carboxylic acids is 2. The summed E-state index contributed by atoms with van der Waals surface area (Å²) in [5.74, 6) is -4.21. The number of aliphatic imine (C=N–C) groups is 1. The molecular weight excluding hydrogens is 545 g/mol. The van der Waals surface area contributed by atoms with Crippen LogP contribution in [0.4, 0.5) is 18.9 Å². The number of aliphatic carboxylic acids is 2. The highest BCUT2D eigenvalue weighted by Crippen LogP contribution is 2.57. The van der Waals surface area contributed by atoms with Gasteiger partial charge in [-0.25, -0.2) is 9.79 Å². The summed E-state index contributed by atoms with van der Waals surface area (Å²) in [4.78, 5) is 33.1. The van der Waals surface area contributed by atoms with Crippen LogP contribution in [0.15, 0.2) is 101 Å². The van der Waals surface area contributed by atoms with Gasteiger partial charge in [-0.2, -0.15) is 13.2 Å². The first-order valence-corrected chi connectivity index (χ1v) is 13.7. The maximum atomic E-state index is 14.5. The molecule has 1 aliphatic heterocycles. The molecule has 3 atom stereocenters. The molecule has 1 aliphatic rings. The third-order valence-electron chi connectivity index (χ3n) is 8.45. The third-order valence-corrected chi connectivity index (χ3v) is 8.45. The van der Waals surface area contributed by atoms with Crippen LogP contribution >= 0.6 is 0 Å². The number of rotatable bonds is 7. The number of benzene rings is 3. The molecule has 0 bridgehead atoms. The van der Waals surface area contributed by atoms with Gasteiger partial charge < -0.3 is 15.1 Å². The van der Waals surface area contributed by atoms with Crippen LogP contribution in [0.5, 0.6) is 0 Å². The number of nitrogens with zero attached hydrogens (tertiary/aromatic N) is 2. The fraction of sp³-hybridized carbons (Fsp3) is 0.303. The van der Waals surface area contributed by atoms with E-state index in [4.69, 9.17) is 4.99 Å². The van der Waals surface area contributed by atoms with E-state index in [0.717, 1.165) is 6.07 Å². The quantitative estimate of drug-likeness (QED) is 0.222. The Morgan fingerprint density at radius 2 is 1.43 bits per heavy atom. The van der Waals surface area contributed by atoms with Crippen LogP contribution in [0.25, 0.3) is 0 Å². The molecule has 220 valence electrons. The standard InChI is InChI=1S/C33H33F3N2O4/c1-5-31(4)27(30(41)42)32(6-2,24-19-13-14-20-25(24)33(34,35)36)26(29(39)40)21(3)38(31)28(22-15-9-7-10-16-22)37-23-17-11-8-12-18-23/h7-20,27H,5-6H2,1-4H3,(H,39,40)(H,41,42). The van der Waals surface area contributed by atoms with E-state index in [-0.39, 0.29) is 24.1 Å². The Balaban J connectivity index is 2.21. The van der Waals surface area contributed by atoms with Gasteiger partial charge in [0.1, 0.15) is 5.84 Å². The van der Waals surface area contributed by atoms with Gasteiger partial charge in [-0.3, -0.25) is 4.79 Å². The Bertz CT molecular complexity index is 1540. The Morgan fingerprint density at radius 3 is 1.93 bits per heavy atom. The second kappa shape index (κ2) is 11.5. The topological polar surface area (TPSA) is 90.2 Å². The van der Waals surface area contributed by atoms with E-state index in [0.29, 0.717) is 17.1 Å². The summed E-state index contributed by atoms with van der Waals surface area (Å²) >= 11 is 0. The van der Waals surface area contributed by atoms with E-state index in [9.17, 15) is 33.0 Å². The molecule has 0 spiro atoms. The lowest BCUT2D eigenvalue weighted by Gasteiger charge is -2.58. The van der Waals surface area contributed by atoms with Crippen LogP contribution in [0, 0.1) is 5.92 Å². The third kappa shape index (κ3) is 4.97. The van der Waals surface area contributed by atoms with E-state index in [1.54, 1.807) is 80.3 Å². The summed E-state index contributed by atoms with van der Waals surface area (Å²) in [5, 5.41) is 21.6. The van der Waals surface area contributed by atoms with Crippen molar-refractivity contribution < 1.29 is 33.0 Å². The Labute approximate surface area is 242 Å². The van der Waals surface area contributed by atoms with Crippen molar-refractivity contribution in [3.05, 3.63) is 113 Å². The molecule has 0 saturated heterocycles. The molecular formula is C33H33F3N2O4. The summed E-state index contributed by atoms with van der Waals surface area (Å²) < 4.78 is 43.4. The lowest BCUT2D eigenvalue weighted by molar-refractivity contribution is -0.154. The van der Waals surface area contributed by atoms with Crippen molar-refractivity contribution in [2.75, 3.05) is 0 Å². The van der Waals surface area contributed by atoms with Crippen LogP contribution in [0.1, 0.15) is 57.2 Å². The summed E-state index contributed by atoms with van der Waals surface area (Å²) in [6.45, 7) is 6.49. The van der Waals surface area contributed by atoms with Crippen molar-refractivity contribution in [3.63, 3.8) is 0 Å².